The van der Waals surface area contributed by atoms with Gasteiger partial charge in [0.1, 0.15) is 11.2 Å². The lowest BCUT2D eigenvalue weighted by atomic mass is 9.87. The van der Waals surface area contributed by atoms with Gasteiger partial charge in [0.25, 0.3) is 17.4 Å². The molecule has 0 saturated carbocycles. The molecule has 0 radical (unpaired) electrons. The molecule has 9 nitrogen and oxygen atoms in total. The standard InChI is InChI=1S/C12H13N5O4/c18-8-2-1-7(15-16-8)9(19)17-5-3-12(4-6-17)10(20)13-11(21)14-12/h1-2H,3-6H2,(H,16,18)(H2,13,14,20,21). The van der Waals surface area contributed by atoms with Crippen LogP contribution >= 0.6 is 0 Å². The van der Waals surface area contributed by atoms with Crippen molar-refractivity contribution in [3.8, 4) is 0 Å². The van der Waals surface area contributed by atoms with Crippen molar-refractivity contribution in [2.75, 3.05) is 13.1 Å². The molecule has 0 unspecified atom stereocenters. The second-order valence-corrected chi connectivity index (χ2v) is 5.09. The minimum absolute atomic E-state index is 0.144. The van der Waals surface area contributed by atoms with Crippen LogP contribution in [0.1, 0.15) is 23.3 Å². The molecule has 1 spiro atoms. The van der Waals surface area contributed by atoms with Gasteiger partial charge in [-0.25, -0.2) is 9.89 Å². The highest BCUT2D eigenvalue weighted by atomic mass is 16.2. The van der Waals surface area contributed by atoms with Gasteiger partial charge in [-0.2, -0.15) is 5.10 Å². The minimum atomic E-state index is -0.910. The van der Waals surface area contributed by atoms with Gasteiger partial charge in [-0.05, 0) is 18.9 Å². The molecule has 4 amide bonds. The quantitative estimate of drug-likeness (QED) is 0.548. The van der Waals surface area contributed by atoms with Crippen LogP contribution in [0, 0.1) is 0 Å². The van der Waals surface area contributed by atoms with E-state index in [1.165, 1.54) is 12.1 Å². The molecule has 9 heteroatoms. The molecular weight excluding hydrogens is 278 g/mol. The molecule has 2 saturated heterocycles. The van der Waals surface area contributed by atoms with Crippen LogP contribution in [0.3, 0.4) is 0 Å². The summed E-state index contributed by atoms with van der Waals surface area (Å²) in [5.41, 5.74) is -1.15. The van der Waals surface area contributed by atoms with E-state index in [1.54, 1.807) is 4.90 Å². The van der Waals surface area contributed by atoms with Crippen LogP contribution < -0.4 is 16.2 Å². The molecular formula is C12H13N5O4. The summed E-state index contributed by atoms with van der Waals surface area (Å²) in [4.78, 5) is 47.7. The third-order valence-electron chi connectivity index (χ3n) is 3.82. The smallest absolute Gasteiger partial charge is 0.322 e. The molecule has 0 aliphatic carbocycles. The molecule has 1 aromatic heterocycles. The molecule has 3 heterocycles. The molecule has 3 rings (SSSR count). The Kier molecular flexibility index (Phi) is 2.96. The van der Waals surface area contributed by atoms with E-state index in [9.17, 15) is 19.2 Å². The number of nitrogens with one attached hydrogen (secondary N) is 3. The molecule has 0 aromatic carbocycles. The number of carbonyl (C=O) groups excluding carboxylic acids is 3. The summed E-state index contributed by atoms with van der Waals surface area (Å²) < 4.78 is 0. The van der Waals surface area contributed by atoms with E-state index in [4.69, 9.17) is 0 Å². The van der Waals surface area contributed by atoms with Gasteiger partial charge in [0.05, 0.1) is 0 Å². The first-order valence-electron chi connectivity index (χ1n) is 6.49. The molecule has 21 heavy (non-hydrogen) atoms. The summed E-state index contributed by atoms with van der Waals surface area (Å²) in [5, 5.41) is 10.7. The van der Waals surface area contributed by atoms with Gasteiger partial charge in [-0.1, -0.05) is 0 Å². The average Bonchev–Trinajstić information content (AvgIpc) is 2.74. The predicted molar refractivity (Wildman–Crippen MR) is 69.4 cm³/mol. The molecule has 2 aliphatic heterocycles. The molecule has 110 valence electrons. The average molecular weight is 291 g/mol. The van der Waals surface area contributed by atoms with Crippen molar-refractivity contribution >= 4 is 17.8 Å². The van der Waals surface area contributed by atoms with Crippen LogP contribution in [0.25, 0.3) is 0 Å². The molecule has 1 aromatic rings. The maximum absolute atomic E-state index is 12.2. The number of likely N-dealkylation sites (tertiary alicyclic amines) is 1. The van der Waals surface area contributed by atoms with Gasteiger partial charge in [0.15, 0.2) is 0 Å². The van der Waals surface area contributed by atoms with Crippen molar-refractivity contribution in [1.29, 1.82) is 0 Å². The molecule has 2 fully saturated rings. The number of urea groups is 1. The van der Waals surface area contributed by atoms with E-state index >= 15 is 0 Å². The Morgan fingerprint density at radius 1 is 1.19 bits per heavy atom. The number of piperidine rings is 1. The largest absolute Gasteiger partial charge is 0.337 e. The number of amides is 4. The Hall–Kier alpha value is -2.71. The van der Waals surface area contributed by atoms with Gasteiger partial charge in [-0.15, -0.1) is 0 Å². The topological polar surface area (TPSA) is 124 Å². The molecule has 0 bridgehead atoms. The third kappa shape index (κ3) is 2.26. The van der Waals surface area contributed by atoms with E-state index in [2.05, 4.69) is 20.8 Å². The summed E-state index contributed by atoms with van der Waals surface area (Å²) in [6, 6.07) is 2.09. The van der Waals surface area contributed by atoms with Gasteiger partial charge >= 0.3 is 6.03 Å². The van der Waals surface area contributed by atoms with Crippen molar-refractivity contribution in [2.24, 2.45) is 0 Å². The Labute approximate surface area is 118 Å². The fraction of sp³-hybridized carbons (Fsp3) is 0.417. The Balaban J connectivity index is 1.70. The fourth-order valence-electron chi connectivity index (χ4n) is 2.60. The zero-order valence-electron chi connectivity index (χ0n) is 11.0. The predicted octanol–water partition coefficient (Wildman–Crippen LogP) is -1.42. The monoisotopic (exact) mass is 291 g/mol. The summed E-state index contributed by atoms with van der Waals surface area (Å²) in [6.45, 7) is 0.653. The number of nitrogens with zero attached hydrogens (tertiary/aromatic N) is 2. The molecule has 2 aliphatic rings. The lowest BCUT2D eigenvalue weighted by Crippen LogP contribution is -2.55. The second kappa shape index (κ2) is 4.69. The van der Waals surface area contributed by atoms with Crippen LogP contribution in [-0.2, 0) is 4.79 Å². The Morgan fingerprint density at radius 3 is 2.43 bits per heavy atom. The number of hydrogen-bond acceptors (Lipinski definition) is 5. The minimum Gasteiger partial charge on any atom is -0.337 e. The fourth-order valence-corrected chi connectivity index (χ4v) is 2.60. The van der Waals surface area contributed by atoms with Crippen LogP contribution in [0.2, 0.25) is 0 Å². The zero-order valence-corrected chi connectivity index (χ0v) is 11.0. The van der Waals surface area contributed by atoms with Gasteiger partial charge < -0.3 is 10.2 Å². The van der Waals surface area contributed by atoms with Crippen molar-refractivity contribution in [1.82, 2.24) is 25.7 Å². The first kappa shape index (κ1) is 13.3. The number of hydrogen-bond donors (Lipinski definition) is 3. The SMILES string of the molecule is O=C1NC(=O)C2(CCN(C(=O)c3ccc(=O)[nH]n3)CC2)N1. The van der Waals surface area contributed by atoms with Gasteiger partial charge in [0.2, 0.25) is 0 Å². The highest BCUT2D eigenvalue weighted by Gasteiger charge is 2.48. The van der Waals surface area contributed by atoms with Crippen LogP contribution in [0.15, 0.2) is 16.9 Å². The normalized spacial score (nSPS) is 20.3. The van der Waals surface area contributed by atoms with Crippen molar-refractivity contribution < 1.29 is 14.4 Å². The second-order valence-electron chi connectivity index (χ2n) is 5.09. The number of aromatic nitrogens is 2. The van der Waals surface area contributed by atoms with Crippen molar-refractivity contribution in [3.05, 3.63) is 28.2 Å². The van der Waals surface area contributed by atoms with E-state index in [0.29, 0.717) is 25.9 Å². The summed E-state index contributed by atoms with van der Waals surface area (Å²) >= 11 is 0. The van der Waals surface area contributed by atoms with Gasteiger partial charge in [0, 0.05) is 19.2 Å². The van der Waals surface area contributed by atoms with Crippen LogP contribution in [0.5, 0.6) is 0 Å². The lowest BCUT2D eigenvalue weighted by Gasteiger charge is -2.36. The van der Waals surface area contributed by atoms with E-state index in [-0.39, 0.29) is 23.1 Å². The lowest BCUT2D eigenvalue weighted by molar-refractivity contribution is -0.125. The number of rotatable bonds is 1. The first-order valence-corrected chi connectivity index (χ1v) is 6.49. The highest BCUT2D eigenvalue weighted by Crippen LogP contribution is 2.26. The van der Waals surface area contributed by atoms with E-state index in [0.717, 1.165) is 0 Å². The van der Waals surface area contributed by atoms with Gasteiger partial charge in [-0.3, -0.25) is 19.7 Å². The summed E-state index contributed by atoms with van der Waals surface area (Å²) in [6.07, 6.45) is 0.694. The number of aromatic amines is 1. The summed E-state index contributed by atoms with van der Waals surface area (Å²) in [7, 11) is 0. The zero-order chi connectivity index (χ0) is 15.0. The number of imide groups is 1. The number of carbonyl (C=O) groups is 3. The van der Waals surface area contributed by atoms with Crippen molar-refractivity contribution in [2.45, 2.75) is 18.4 Å². The van der Waals surface area contributed by atoms with Crippen molar-refractivity contribution in [3.63, 3.8) is 0 Å². The maximum Gasteiger partial charge on any atom is 0.322 e. The Bertz CT molecular complexity index is 654. The third-order valence-corrected chi connectivity index (χ3v) is 3.82. The Morgan fingerprint density at radius 2 is 1.90 bits per heavy atom. The first-order chi connectivity index (χ1) is 10.00. The van der Waals surface area contributed by atoms with Crippen LogP contribution in [-0.4, -0.2) is 51.6 Å². The summed E-state index contributed by atoms with van der Waals surface area (Å²) in [5.74, 6) is -0.660. The van der Waals surface area contributed by atoms with E-state index < -0.39 is 11.6 Å². The highest BCUT2D eigenvalue weighted by molar-refractivity contribution is 6.07. The van der Waals surface area contributed by atoms with E-state index in [1.807, 2.05) is 0 Å². The van der Waals surface area contributed by atoms with Crippen LogP contribution in [0.4, 0.5) is 4.79 Å². The number of H-pyrrole nitrogens is 1. The molecule has 3 N–H and O–H groups in total. The molecule has 0 atom stereocenters. The maximum atomic E-state index is 12.2.